The molecule has 0 aliphatic heterocycles. The summed E-state index contributed by atoms with van der Waals surface area (Å²) in [5, 5.41) is 10.6. The lowest BCUT2D eigenvalue weighted by Gasteiger charge is -2.21. The summed E-state index contributed by atoms with van der Waals surface area (Å²) >= 11 is 0. The van der Waals surface area contributed by atoms with E-state index in [0.717, 1.165) is 115 Å². The second-order valence-corrected chi connectivity index (χ2v) is 28.0. The summed E-state index contributed by atoms with van der Waals surface area (Å²) in [6.07, 6.45) is 52.1. The Balaban J connectivity index is 5.25. The van der Waals surface area contributed by atoms with Gasteiger partial charge in [0.2, 0.25) is 0 Å². The quantitative estimate of drug-likeness (QED) is 0.0169. The van der Waals surface area contributed by atoms with Gasteiger partial charge in [-0.1, -0.05) is 284 Å². The van der Waals surface area contributed by atoms with Gasteiger partial charge in [-0.25, -0.2) is 9.13 Å². The predicted molar refractivity (Wildman–Crippen MR) is 358 cm³/mol. The Morgan fingerprint density at radius 2 is 0.607 bits per heavy atom. The molecule has 19 heteroatoms. The first-order valence-corrected chi connectivity index (χ1v) is 38.9. The van der Waals surface area contributed by atoms with Crippen molar-refractivity contribution in [2.75, 3.05) is 39.6 Å². The maximum Gasteiger partial charge on any atom is 0.472 e. The molecule has 0 aromatic heterocycles. The summed E-state index contributed by atoms with van der Waals surface area (Å²) in [4.78, 5) is 72.4. The molecule has 0 amide bonds. The number of unbranched alkanes of at least 4 members (excludes halogenated alkanes) is 37. The van der Waals surface area contributed by atoms with Crippen LogP contribution in [0.1, 0.15) is 336 Å². The minimum absolute atomic E-state index is 0.100. The van der Waals surface area contributed by atoms with Crippen molar-refractivity contribution in [3.8, 4) is 0 Å². The van der Waals surface area contributed by atoms with E-state index in [1.807, 2.05) is 0 Å². The topological polar surface area (TPSA) is 237 Å². The first-order chi connectivity index (χ1) is 43.0. The van der Waals surface area contributed by atoms with Crippen molar-refractivity contribution in [3.63, 3.8) is 0 Å². The Bertz CT molecular complexity index is 1810. The molecule has 0 bridgehead atoms. The van der Waals surface area contributed by atoms with E-state index >= 15 is 0 Å². The molecule has 2 unspecified atom stereocenters. The maximum absolute atomic E-state index is 13.0. The number of hydrogen-bond donors (Lipinski definition) is 3. The van der Waals surface area contributed by atoms with Gasteiger partial charge in [-0.2, -0.15) is 0 Å². The van der Waals surface area contributed by atoms with E-state index in [0.29, 0.717) is 25.7 Å². The lowest BCUT2D eigenvalue weighted by Crippen LogP contribution is -2.30. The molecule has 17 nitrogen and oxygen atoms in total. The highest BCUT2D eigenvalue weighted by Gasteiger charge is 2.30. The third-order valence-corrected chi connectivity index (χ3v) is 17.6. The first-order valence-electron chi connectivity index (χ1n) is 36.0. The van der Waals surface area contributed by atoms with Crippen LogP contribution in [0.4, 0.5) is 0 Å². The fourth-order valence-corrected chi connectivity index (χ4v) is 11.7. The van der Waals surface area contributed by atoms with Gasteiger partial charge < -0.3 is 33.8 Å². The number of rotatable bonds is 68. The Kier molecular flexibility index (Phi) is 61.2. The third kappa shape index (κ3) is 64.1. The standard InChI is InChI=1S/C70H132O17P2/c1-6-9-12-15-18-21-22-23-24-27-30-35-39-44-49-54-68(73)81-60-66(87-70(75)56-51-46-41-36-31-28-25-26-29-34-37-42-47-52-63(4)5)62-85-89(78,79)83-58-64(71)57-82-88(76,77)84-61-65(86-69(74)55-50-45-40-33-20-17-14-11-8-3)59-80-67(72)53-48-43-38-32-19-16-13-10-7-2/h21-24,63-66,71H,6-20,25-62H2,1-5H3,(H,76,77)(H,78,79)/b22-21-,24-23-/t64-,65+,66+/m0/s1. The molecule has 5 atom stereocenters. The Hall–Kier alpha value is -2.46. The van der Waals surface area contributed by atoms with Crippen LogP contribution in [0, 0.1) is 5.92 Å². The Labute approximate surface area is 542 Å². The number of carbonyl (C=O) groups excluding carboxylic acids is 4. The summed E-state index contributed by atoms with van der Waals surface area (Å²) in [5.74, 6) is -1.37. The van der Waals surface area contributed by atoms with Gasteiger partial charge in [0.15, 0.2) is 12.2 Å². The summed E-state index contributed by atoms with van der Waals surface area (Å²) in [6, 6.07) is 0. The van der Waals surface area contributed by atoms with E-state index in [2.05, 4.69) is 58.9 Å². The number of ether oxygens (including phenoxy) is 4. The van der Waals surface area contributed by atoms with Crippen LogP contribution in [-0.4, -0.2) is 96.7 Å². The van der Waals surface area contributed by atoms with Crippen molar-refractivity contribution in [1.29, 1.82) is 0 Å². The number of phosphoric ester groups is 2. The molecule has 0 rings (SSSR count). The molecule has 89 heavy (non-hydrogen) atoms. The zero-order valence-corrected chi connectivity index (χ0v) is 58.8. The highest BCUT2D eigenvalue weighted by Crippen LogP contribution is 2.45. The second kappa shape index (κ2) is 63.0. The molecule has 0 saturated heterocycles. The van der Waals surface area contributed by atoms with Gasteiger partial charge >= 0.3 is 39.5 Å². The van der Waals surface area contributed by atoms with E-state index in [-0.39, 0.29) is 25.7 Å². The molecule has 0 radical (unpaired) electrons. The van der Waals surface area contributed by atoms with Crippen LogP contribution in [0.2, 0.25) is 0 Å². The van der Waals surface area contributed by atoms with E-state index < -0.39 is 97.5 Å². The molecule has 0 spiro atoms. The molecule has 0 fully saturated rings. The number of carbonyl (C=O) groups is 4. The third-order valence-electron chi connectivity index (χ3n) is 15.7. The van der Waals surface area contributed by atoms with Crippen LogP contribution in [0.25, 0.3) is 0 Å². The van der Waals surface area contributed by atoms with Crippen molar-refractivity contribution < 1.29 is 80.2 Å². The zero-order chi connectivity index (χ0) is 65.6. The predicted octanol–water partition coefficient (Wildman–Crippen LogP) is 19.7. The molecule has 3 N–H and O–H groups in total. The molecule has 0 aromatic rings. The largest absolute Gasteiger partial charge is 0.472 e. The Morgan fingerprint density at radius 3 is 0.921 bits per heavy atom. The van der Waals surface area contributed by atoms with Crippen LogP contribution in [-0.2, 0) is 65.4 Å². The smallest absolute Gasteiger partial charge is 0.462 e. The number of aliphatic hydroxyl groups excluding tert-OH is 1. The van der Waals surface area contributed by atoms with Gasteiger partial charge in [-0.05, 0) is 57.3 Å². The lowest BCUT2D eigenvalue weighted by molar-refractivity contribution is -0.161. The summed E-state index contributed by atoms with van der Waals surface area (Å²) in [7, 11) is -9.90. The SMILES string of the molecule is CCCCCC/C=C\C=C/CCCCCCCC(=O)OC[C@H](COP(=O)(O)OC[C@@H](O)COP(=O)(O)OC[C@@H](COC(=O)CCCCCCCCCCC)OC(=O)CCCCCCCCCCC)OC(=O)CCCCCCCCCCCCCCCC(C)C. The molecular formula is C70H132O17P2. The lowest BCUT2D eigenvalue weighted by atomic mass is 10.0. The van der Waals surface area contributed by atoms with Crippen LogP contribution in [0.15, 0.2) is 24.3 Å². The molecule has 0 aromatic carbocycles. The van der Waals surface area contributed by atoms with Crippen molar-refractivity contribution in [3.05, 3.63) is 24.3 Å². The van der Waals surface area contributed by atoms with Gasteiger partial charge in [0.05, 0.1) is 26.4 Å². The molecule has 524 valence electrons. The monoisotopic (exact) mass is 1310 g/mol. The van der Waals surface area contributed by atoms with Gasteiger partial charge in [0, 0.05) is 25.7 Å². The van der Waals surface area contributed by atoms with Gasteiger partial charge in [0.25, 0.3) is 0 Å². The van der Waals surface area contributed by atoms with Crippen LogP contribution in [0.3, 0.4) is 0 Å². The number of esters is 4. The van der Waals surface area contributed by atoms with Crippen molar-refractivity contribution in [2.24, 2.45) is 5.92 Å². The summed E-state index contributed by atoms with van der Waals surface area (Å²) in [6.45, 7) is 7.16. The van der Waals surface area contributed by atoms with Crippen LogP contribution < -0.4 is 0 Å². The number of aliphatic hydroxyl groups is 1. The number of hydrogen-bond acceptors (Lipinski definition) is 15. The molecule has 0 heterocycles. The summed E-state index contributed by atoms with van der Waals surface area (Å²) in [5.41, 5.74) is 0. The fourth-order valence-electron chi connectivity index (χ4n) is 10.1. The second-order valence-electron chi connectivity index (χ2n) is 25.1. The molecular weight excluding hydrogens is 1170 g/mol. The number of phosphoric acid groups is 2. The van der Waals surface area contributed by atoms with E-state index in [1.165, 1.54) is 141 Å². The summed E-state index contributed by atoms with van der Waals surface area (Å²) < 4.78 is 68.1. The average molecular weight is 1310 g/mol. The van der Waals surface area contributed by atoms with Crippen LogP contribution in [0.5, 0.6) is 0 Å². The number of allylic oxidation sites excluding steroid dienone is 4. The highest BCUT2D eigenvalue weighted by atomic mass is 31.2. The highest BCUT2D eigenvalue weighted by molar-refractivity contribution is 7.47. The van der Waals surface area contributed by atoms with Crippen molar-refractivity contribution >= 4 is 39.5 Å². The first kappa shape index (κ1) is 86.5. The zero-order valence-electron chi connectivity index (χ0n) is 57.0. The van der Waals surface area contributed by atoms with Crippen molar-refractivity contribution in [1.82, 2.24) is 0 Å². The average Bonchev–Trinajstić information content (AvgIpc) is 3.67. The van der Waals surface area contributed by atoms with Gasteiger partial charge in [0.1, 0.15) is 19.3 Å². The molecule has 0 aliphatic carbocycles. The van der Waals surface area contributed by atoms with E-state index in [4.69, 9.17) is 37.0 Å². The normalized spacial score (nSPS) is 14.3. The van der Waals surface area contributed by atoms with Gasteiger partial charge in [-0.3, -0.25) is 37.3 Å². The maximum atomic E-state index is 13.0. The van der Waals surface area contributed by atoms with Crippen LogP contribution >= 0.6 is 15.6 Å². The fraction of sp³-hybridized carbons (Fsp3) is 0.886. The minimum atomic E-state index is -4.96. The van der Waals surface area contributed by atoms with Crippen molar-refractivity contribution in [2.45, 2.75) is 355 Å². The van der Waals surface area contributed by atoms with E-state index in [1.54, 1.807) is 0 Å². The Morgan fingerprint density at radius 1 is 0.348 bits per heavy atom. The van der Waals surface area contributed by atoms with Gasteiger partial charge in [-0.15, -0.1) is 0 Å². The minimum Gasteiger partial charge on any atom is -0.462 e. The molecule has 0 saturated carbocycles. The van der Waals surface area contributed by atoms with E-state index in [9.17, 15) is 43.2 Å². The molecule has 0 aliphatic rings.